The third-order valence-electron chi connectivity index (χ3n) is 4.00. The number of benzene rings is 2. The maximum atomic E-state index is 11.8. The largest absolute Gasteiger partial charge is 0.741 e. The van der Waals surface area contributed by atoms with Gasteiger partial charge in [-0.05, 0) is 31.4 Å². The maximum Gasteiger partial charge on any atom is 0.512 e. The van der Waals surface area contributed by atoms with Crippen LogP contribution >= 0.6 is 0 Å². The Morgan fingerprint density at radius 2 is 1.77 bits per heavy atom. The van der Waals surface area contributed by atoms with Gasteiger partial charge in [0.2, 0.25) is 0 Å². The molecule has 166 valence electrons. The van der Waals surface area contributed by atoms with Crippen molar-refractivity contribution in [2.45, 2.75) is 48.6 Å². The molecule has 11 heteroatoms. The van der Waals surface area contributed by atoms with E-state index in [0.29, 0.717) is 0 Å². The van der Waals surface area contributed by atoms with Gasteiger partial charge in [-0.2, -0.15) is 13.2 Å². The Kier molecular flexibility index (Phi) is 8.00. The fourth-order valence-corrected chi connectivity index (χ4v) is 5.41. The minimum atomic E-state index is -6.09. The zero-order valence-corrected chi connectivity index (χ0v) is 17.9. The van der Waals surface area contributed by atoms with Crippen molar-refractivity contribution in [3.63, 3.8) is 0 Å². The molecule has 2 aromatic carbocycles. The molecular weight excluding hydrogens is 445 g/mol. The minimum absolute atomic E-state index is 0.0583. The molecule has 0 saturated carbocycles. The average molecular weight is 466 g/mol. The van der Waals surface area contributed by atoms with Crippen molar-refractivity contribution in [1.29, 1.82) is 0 Å². The summed E-state index contributed by atoms with van der Waals surface area (Å²) in [5.41, 5.74) is -5.70. The van der Waals surface area contributed by atoms with Gasteiger partial charge in [0.05, 0.1) is 17.0 Å². The highest BCUT2D eigenvalue weighted by Gasteiger charge is 2.42. The molecule has 1 fully saturated rings. The van der Waals surface area contributed by atoms with E-state index < -0.39 is 21.8 Å². The number of ether oxygens (including phenoxy) is 2. The van der Waals surface area contributed by atoms with Gasteiger partial charge in [0, 0.05) is 18.2 Å². The molecule has 0 spiro atoms. The molecule has 1 aliphatic heterocycles. The molecule has 0 aliphatic carbocycles. The number of carbonyl (C=O) groups is 1. The summed E-state index contributed by atoms with van der Waals surface area (Å²) in [6, 6.07) is 14.8. The molecule has 0 bridgehead atoms. The van der Waals surface area contributed by atoms with Crippen LogP contribution in [0.1, 0.15) is 26.7 Å². The molecule has 30 heavy (non-hydrogen) atoms. The highest BCUT2D eigenvalue weighted by atomic mass is 32.2. The number of hydrogen-bond acceptors (Lipinski definition) is 6. The van der Waals surface area contributed by atoms with E-state index in [1.165, 1.54) is 15.7 Å². The van der Waals surface area contributed by atoms with Crippen LogP contribution in [0.2, 0.25) is 0 Å². The average Bonchev–Trinajstić information content (AvgIpc) is 3.07. The summed E-state index contributed by atoms with van der Waals surface area (Å²) in [4.78, 5) is 13.1. The molecule has 1 saturated heterocycles. The van der Waals surface area contributed by atoms with Crippen LogP contribution in [0.25, 0.3) is 10.8 Å². The van der Waals surface area contributed by atoms with Gasteiger partial charge in [-0.25, -0.2) is 13.2 Å². The molecule has 2 atom stereocenters. The van der Waals surface area contributed by atoms with Gasteiger partial charge in [-0.15, -0.1) is 0 Å². The second-order valence-corrected chi connectivity index (χ2v) is 10.2. The van der Waals surface area contributed by atoms with E-state index >= 15 is 0 Å². The lowest BCUT2D eigenvalue weighted by molar-refractivity contribution is -0.0517. The number of carbonyl (C=O) groups excluding carboxylic acids is 1. The van der Waals surface area contributed by atoms with Gasteiger partial charge in [-0.3, -0.25) is 0 Å². The number of alkyl halides is 3. The highest BCUT2D eigenvalue weighted by Crippen LogP contribution is 2.34. The Bertz CT molecular complexity index is 970. The van der Waals surface area contributed by atoms with Crippen LogP contribution in [0.3, 0.4) is 0 Å². The maximum absolute atomic E-state index is 11.8. The predicted octanol–water partition coefficient (Wildman–Crippen LogP) is 4.55. The first-order valence-electron chi connectivity index (χ1n) is 8.97. The molecule has 6 nitrogen and oxygen atoms in total. The first-order chi connectivity index (χ1) is 13.9. The molecule has 3 rings (SSSR count). The molecule has 0 amide bonds. The number of fused-ring (bicyclic) bond motifs is 1. The second kappa shape index (κ2) is 9.88. The van der Waals surface area contributed by atoms with Crippen molar-refractivity contribution in [2.75, 3.05) is 5.75 Å². The summed E-state index contributed by atoms with van der Waals surface area (Å²) < 4.78 is 69.6. The van der Waals surface area contributed by atoms with Crippen molar-refractivity contribution in [3.05, 3.63) is 42.5 Å². The van der Waals surface area contributed by atoms with E-state index in [4.69, 9.17) is 22.4 Å². The van der Waals surface area contributed by atoms with E-state index in [1.807, 2.05) is 13.8 Å². The van der Waals surface area contributed by atoms with E-state index in [9.17, 15) is 18.0 Å². The van der Waals surface area contributed by atoms with Crippen LogP contribution in [0.15, 0.2) is 47.4 Å². The van der Waals surface area contributed by atoms with Crippen molar-refractivity contribution in [2.24, 2.45) is 0 Å². The van der Waals surface area contributed by atoms with Gasteiger partial charge in [0.25, 0.3) is 5.44 Å². The summed E-state index contributed by atoms with van der Waals surface area (Å²) >= 11 is 0. The lowest BCUT2D eigenvalue weighted by atomic mass is 10.1. The molecule has 2 unspecified atom stereocenters. The smallest absolute Gasteiger partial charge is 0.512 e. The third kappa shape index (κ3) is 6.51. The van der Waals surface area contributed by atoms with E-state index in [2.05, 4.69) is 42.5 Å². The van der Waals surface area contributed by atoms with Crippen LogP contribution in [-0.2, 0) is 30.5 Å². The normalized spacial score (nSPS) is 19.3. The summed E-state index contributed by atoms with van der Waals surface area (Å²) in [7, 11) is -6.15. The zero-order chi connectivity index (χ0) is 22.5. The standard InChI is InChI=1S/C18H21O3S.CHF3O3S/c1-13(2)20-18(19)21-17-11-6-12-22(17)16-10-5-8-14-7-3-4-9-15(14)16;2-1(3,4)8(5,6)7/h3-5,7-10,13,17H,6,11-12H2,1-2H3;(H,5,6,7)/q+1;/p-1. The minimum Gasteiger partial charge on any atom is -0.741 e. The fraction of sp³-hybridized carbons (Fsp3) is 0.421. The second-order valence-electron chi connectivity index (χ2n) is 6.62. The van der Waals surface area contributed by atoms with Crippen LogP contribution < -0.4 is 0 Å². The summed E-state index contributed by atoms with van der Waals surface area (Å²) in [5, 5.41) is 2.50. The summed E-state index contributed by atoms with van der Waals surface area (Å²) in [6.45, 7) is 3.67. The molecule has 0 N–H and O–H groups in total. The van der Waals surface area contributed by atoms with Crippen LogP contribution in [-0.4, -0.2) is 41.9 Å². The summed E-state index contributed by atoms with van der Waals surface area (Å²) in [5.74, 6) is 1.08. The van der Waals surface area contributed by atoms with Gasteiger partial charge in [0.15, 0.2) is 15.0 Å². The predicted molar refractivity (Wildman–Crippen MR) is 106 cm³/mol. The van der Waals surface area contributed by atoms with E-state index in [-0.39, 0.29) is 22.4 Å². The first-order valence-corrected chi connectivity index (χ1v) is 11.8. The van der Waals surface area contributed by atoms with Crippen molar-refractivity contribution < 1.29 is 40.4 Å². The van der Waals surface area contributed by atoms with Crippen molar-refractivity contribution in [3.8, 4) is 0 Å². The summed E-state index contributed by atoms with van der Waals surface area (Å²) in [6.07, 6.45) is 1.32. The van der Waals surface area contributed by atoms with E-state index in [1.54, 1.807) is 0 Å². The molecule has 1 aliphatic rings. The van der Waals surface area contributed by atoms with Crippen LogP contribution in [0, 0.1) is 0 Å². The number of rotatable bonds is 3. The van der Waals surface area contributed by atoms with Crippen LogP contribution in [0.5, 0.6) is 0 Å². The lowest BCUT2D eigenvalue weighted by Gasteiger charge is -2.14. The number of halogens is 3. The van der Waals surface area contributed by atoms with Gasteiger partial charge < -0.3 is 14.0 Å². The quantitative estimate of drug-likeness (QED) is 0.285. The number of hydrogen-bond donors (Lipinski definition) is 0. The Morgan fingerprint density at radius 3 is 2.37 bits per heavy atom. The van der Waals surface area contributed by atoms with Gasteiger partial charge in [0.1, 0.15) is 5.75 Å². The molecule has 2 aromatic rings. The van der Waals surface area contributed by atoms with Crippen LogP contribution in [0.4, 0.5) is 18.0 Å². The highest BCUT2D eigenvalue weighted by molar-refractivity contribution is 7.97. The third-order valence-corrected chi connectivity index (χ3v) is 7.18. The van der Waals surface area contributed by atoms with Crippen molar-refractivity contribution >= 4 is 37.9 Å². The Balaban J connectivity index is 0.000000343. The molecule has 0 aromatic heterocycles. The van der Waals surface area contributed by atoms with Gasteiger partial charge >= 0.3 is 11.7 Å². The Labute approximate surface area is 175 Å². The molecular formula is C19H21F3O6S2. The topological polar surface area (TPSA) is 92.7 Å². The molecule has 1 heterocycles. The zero-order valence-electron chi connectivity index (χ0n) is 16.2. The van der Waals surface area contributed by atoms with Crippen molar-refractivity contribution in [1.82, 2.24) is 0 Å². The Morgan fingerprint density at radius 1 is 1.17 bits per heavy atom. The Hall–Kier alpha value is -1.98. The lowest BCUT2D eigenvalue weighted by Crippen LogP contribution is -2.26. The SMILES string of the molecule is CC(C)OC(=O)OC1CCC[S+]1c1cccc2ccccc12.O=S(=O)([O-])C(F)(F)F. The first kappa shape index (κ1) is 24.3. The van der Waals surface area contributed by atoms with Gasteiger partial charge in [-0.1, -0.05) is 30.3 Å². The van der Waals surface area contributed by atoms with E-state index in [0.717, 1.165) is 18.6 Å². The monoisotopic (exact) mass is 466 g/mol. The fourth-order valence-electron chi connectivity index (χ4n) is 2.80. The molecule has 0 radical (unpaired) electrons.